The van der Waals surface area contributed by atoms with Crippen molar-refractivity contribution in [3.63, 3.8) is 0 Å². The van der Waals surface area contributed by atoms with Gasteiger partial charge in [0, 0.05) is 30.1 Å². The molecule has 0 radical (unpaired) electrons. The smallest absolute Gasteiger partial charge is 0.257 e. The van der Waals surface area contributed by atoms with E-state index >= 15 is 0 Å². The molecule has 1 aliphatic heterocycles. The molecule has 1 aliphatic rings. The van der Waals surface area contributed by atoms with Gasteiger partial charge in [-0.3, -0.25) is 4.79 Å². The fourth-order valence-electron chi connectivity index (χ4n) is 3.34. The summed E-state index contributed by atoms with van der Waals surface area (Å²) in [5.41, 5.74) is 1.52. The second-order valence-corrected chi connectivity index (χ2v) is 7.55. The molecule has 1 aromatic heterocycles. The molecule has 0 atom stereocenters. The average Bonchev–Trinajstić information content (AvgIpc) is 3.19. The molecule has 1 fully saturated rings. The lowest BCUT2D eigenvalue weighted by Gasteiger charge is -2.32. The summed E-state index contributed by atoms with van der Waals surface area (Å²) in [6.45, 7) is 1.46. The average molecular weight is 399 g/mol. The number of hydrogen-bond acceptors (Lipinski definition) is 4. The highest BCUT2D eigenvalue weighted by Gasteiger charge is 2.25. The minimum absolute atomic E-state index is 0.115. The van der Waals surface area contributed by atoms with E-state index in [0.717, 1.165) is 41.6 Å². The SMILES string of the molecule is O=C(NC1CCN(c2nc(-c3ccccc3)cs2)CC1)c1c(F)cccc1F. The summed E-state index contributed by atoms with van der Waals surface area (Å²) in [7, 11) is 0. The van der Waals surface area contributed by atoms with Crippen molar-refractivity contribution in [3.8, 4) is 11.3 Å². The molecule has 4 rings (SSSR count). The third-order valence-electron chi connectivity index (χ3n) is 4.85. The molecule has 28 heavy (non-hydrogen) atoms. The van der Waals surface area contributed by atoms with Crippen LogP contribution in [-0.4, -0.2) is 30.0 Å². The fourth-order valence-corrected chi connectivity index (χ4v) is 4.23. The Hall–Kier alpha value is -2.80. The number of aromatic nitrogens is 1. The zero-order chi connectivity index (χ0) is 19.5. The van der Waals surface area contributed by atoms with Crippen LogP contribution in [0.4, 0.5) is 13.9 Å². The van der Waals surface area contributed by atoms with E-state index in [9.17, 15) is 13.6 Å². The molecule has 0 saturated carbocycles. The third-order valence-corrected chi connectivity index (χ3v) is 5.75. The highest BCUT2D eigenvalue weighted by Crippen LogP contribution is 2.29. The first-order valence-electron chi connectivity index (χ1n) is 9.12. The molecular formula is C21H19F2N3OS. The van der Waals surface area contributed by atoms with Crippen molar-refractivity contribution in [2.24, 2.45) is 0 Å². The van der Waals surface area contributed by atoms with Gasteiger partial charge in [-0.25, -0.2) is 13.8 Å². The Balaban J connectivity index is 1.36. The summed E-state index contributed by atoms with van der Waals surface area (Å²) >= 11 is 1.60. The van der Waals surface area contributed by atoms with Gasteiger partial charge < -0.3 is 10.2 Å². The van der Waals surface area contributed by atoms with Crippen LogP contribution in [0.15, 0.2) is 53.9 Å². The summed E-state index contributed by atoms with van der Waals surface area (Å²) in [6.07, 6.45) is 1.39. The van der Waals surface area contributed by atoms with Crippen molar-refractivity contribution in [1.82, 2.24) is 10.3 Å². The first-order valence-corrected chi connectivity index (χ1v) is 10.0. The molecule has 4 nitrogen and oxygen atoms in total. The van der Waals surface area contributed by atoms with E-state index in [4.69, 9.17) is 4.98 Å². The van der Waals surface area contributed by atoms with E-state index < -0.39 is 23.1 Å². The summed E-state index contributed by atoms with van der Waals surface area (Å²) in [6, 6.07) is 13.3. The molecule has 2 aromatic carbocycles. The zero-order valence-electron chi connectivity index (χ0n) is 15.1. The van der Waals surface area contributed by atoms with Crippen molar-refractivity contribution in [2.45, 2.75) is 18.9 Å². The minimum atomic E-state index is -0.842. The second kappa shape index (κ2) is 8.06. The second-order valence-electron chi connectivity index (χ2n) is 6.71. The van der Waals surface area contributed by atoms with Gasteiger partial charge in [0.25, 0.3) is 5.91 Å². The molecule has 144 valence electrons. The van der Waals surface area contributed by atoms with Gasteiger partial charge in [0.05, 0.1) is 5.69 Å². The predicted octanol–water partition coefficient (Wildman–Crippen LogP) is 4.49. The number of carbonyl (C=O) groups excluding carboxylic acids is 1. The third kappa shape index (κ3) is 3.89. The summed E-state index contributed by atoms with van der Waals surface area (Å²) in [5, 5.41) is 5.75. The molecule has 3 aromatic rings. The topological polar surface area (TPSA) is 45.2 Å². The fraction of sp³-hybridized carbons (Fsp3) is 0.238. The van der Waals surface area contributed by atoms with Crippen LogP contribution >= 0.6 is 11.3 Å². The Morgan fingerprint density at radius 3 is 2.39 bits per heavy atom. The van der Waals surface area contributed by atoms with Crippen LogP contribution < -0.4 is 10.2 Å². The van der Waals surface area contributed by atoms with E-state index in [1.807, 2.05) is 35.7 Å². The number of nitrogens with one attached hydrogen (secondary N) is 1. The molecule has 0 spiro atoms. The van der Waals surface area contributed by atoms with Gasteiger partial charge in [-0.1, -0.05) is 36.4 Å². The number of halogens is 2. The number of piperidine rings is 1. The summed E-state index contributed by atoms with van der Waals surface area (Å²) < 4.78 is 27.5. The molecule has 0 bridgehead atoms. The van der Waals surface area contributed by atoms with Crippen LogP contribution in [-0.2, 0) is 0 Å². The largest absolute Gasteiger partial charge is 0.349 e. The van der Waals surface area contributed by atoms with Crippen LogP contribution in [0.3, 0.4) is 0 Å². The zero-order valence-corrected chi connectivity index (χ0v) is 15.9. The van der Waals surface area contributed by atoms with Crippen molar-refractivity contribution in [3.05, 3.63) is 71.1 Å². The Labute approximate surface area is 165 Å². The normalized spacial score (nSPS) is 14.9. The van der Waals surface area contributed by atoms with E-state index in [1.54, 1.807) is 11.3 Å². The van der Waals surface area contributed by atoms with Gasteiger partial charge in [0.1, 0.15) is 17.2 Å². The van der Waals surface area contributed by atoms with Gasteiger partial charge in [-0.2, -0.15) is 0 Å². The van der Waals surface area contributed by atoms with Gasteiger partial charge in [0.2, 0.25) is 0 Å². The number of thiazole rings is 1. The first-order chi connectivity index (χ1) is 13.6. The number of hydrogen-bond donors (Lipinski definition) is 1. The molecule has 0 unspecified atom stereocenters. The molecular weight excluding hydrogens is 380 g/mol. The van der Waals surface area contributed by atoms with E-state index in [0.29, 0.717) is 12.8 Å². The van der Waals surface area contributed by atoms with Crippen LogP contribution in [0.25, 0.3) is 11.3 Å². The van der Waals surface area contributed by atoms with Crippen LogP contribution in [0.5, 0.6) is 0 Å². The maximum atomic E-state index is 13.8. The number of rotatable bonds is 4. The maximum absolute atomic E-state index is 13.8. The van der Waals surface area contributed by atoms with Gasteiger partial charge in [0.15, 0.2) is 5.13 Å². The molecule has 1 saturated heterocycles. The first kappa shape index (κ1) is 18.6. The van der Waals surface area contributed by atoms with Gasteiger partial charge in [-0.15, -0.1) is 11.3 Å². The van der Waals surface area contributed by atoms with Gasteiger partial charge in [-0.05, 0) is 25.0 Å². The Bertz CT molecular complexity index is 949. The standard InChI is InChI=1S/C21H19F2N3OS/c22-16-7-4-8-17(23)19(16)20(27)24-15-9-11-26(12-10-15)21-25-18(13-28-21)14-5-2-1-3-6-14/h1-8,13,15H,9-12H2,(H,24,27). The van der Waals surface area contributed by atoms with Crippen molar-refractivity contribution < 1.29 is 13.6 Å². The highest BCUT2D eigenvalue weighted by atomic mass is 32.1. The summed E-state index contributed by atoms with van der Waals surface area (Å²) in [5.74, 6) is -2.38. The van der Waals surface area contributed by atoms with E-state index in [1.165, 1.54) is 6.07 Å². The van der Waals surface area contributed by atoms with Crippen LogP contribution in [0, 0.1) is 11.6 Å². The minimum Gasteiger partial charge on any atom is -0.349 e. The molecule has 7 heteroatoms. The molecule has 2 heterocycles. The lowest BCUT2D eigenvalue weighted by Crippen LogP contribution is -2.45. The maximum Gasteiger partial charge on any atom is 0.257 e. The van der Waals surface area contributed by atoms with Crippen LogP contribution in [0.1, 0.15) is 23.2 Å². The number of anilines is 1. The molecule has 1 N–H and O–H groups in total. The lowest BCUT2D eigenvalue weighted by atomic mass is 10.0. The number of carbonyl (C=O) groups is 1. The van der Waals surface area contributed by atoms with Gasteiger partial charge >= 0.3 is 0 Å². The van der Waals surface area contributed by atoms with Crippen molar-refractivity contribution >= 4 is 22.4 Å². The lowest BCUT2D eigenvalue weighted by molar-refractivity contribution is 0.0922. The monoisotopic (exact) mass is 399 g/mol. The van der Waals surface area contributed by atoms with Crippen molar-refractivity contribution in [2.75, 3.05) is 18.0 Å². The van der Waals surface area contributed by atoms with Crippen LogP contribution in [0.2, 0.25) is 0 Å². The Kier molecular flexibility index (Phi) is 5.34. The van der Waals surface area contributed by atoms with E-state index in [2.05, 4.69) is 10.2 Å². The van der Waals surface area contributed by atoms with E-state index in [-0.39, 0.29) is 6.04 Å². The molecule has 1 amide bonds. The summed E-state index contributed by atoms with van der Waals surface area (Å²) in [4.78, 5) is 19.2. The van der Waals surface area contributed by atoms with Crippen molar-refractivity contribution in [1.29, 1.82) is 0 Å². The number of benzene rings is 2. The number of nitrogens with zero attached hydrogens (tertiary/aromatic N) is 2. The Morgan fingerprint density at radius 1 is 1.04 bits per heavy atom. The molecule has 0 aliphatic carbocycles. The predicted molar refractivity (Wildman–Crippen MR) is 107 cm³/mol. The number of amides is 1. The quantitative estimate of drug-likeness (QED) is 0.703. The Morgan fingerprint density at radius 2 is 1.71 bits per heavy atom. The highest BCUT2D eigenvalue weighted by molar-refractivity contribution is 7.14.